The molecule has 0 bridgehead atoms. The van der Waals surface area contributed by atoms with E-state index in [4.69, 9.17) is 5.73 Å². The van der Waals surface area contributed by atoms with Gasteiger partial charge >= 0.3 is 0 Å². The zero-order valence-electron chi connectivity index (χ0n) is 12.2. The number of aliphatic imine (C=N–C) groups is 1. The van der Waals surface area contributed by atoms with Gasteiger partial charge in [0, 0.05) is 5.69 Å². The summed E-state index contributed by atoms with van der Waals surface area (Å²) in [6, 6.07) is 12.7. The molecule has 2 aromatic rings. The van der Waals surface area contributed by atoms with Gasteiger partial charge in [-0.3, -0.25) is 4.99 Å². The predicted octanol–water partition coefficient (Wildman–Crippen LogP) is 3.32. The first-order valence-corrected chi connectivity index (χ1v) is 6.99. The van der Waals surface area contributed by atoms with Gasteiger partial charge in [-0.05, 0) is 54.8 Å². The van der Waals surface area contributed by atoms with Crippen LogP contribution in [0, 0.1) is 19.7 Å². The minimum atomic E-state index is -0.253. The van der Waals surface area contributed by atoms with Crippen LogP contribution in [0.2, 0.25) is 0 Å². The summed E-state index contributed by atoms with van der Waals surface area (Å²) in [4.78, 5) is 6.34. The molecule has 0 aromatic heterocycles. The zero-order chi connectivity index (χ0) is 15.0. The largest absolute Gasteiger partial charge is 0.369 e. The molecule has 4 heteroatoms. The normalized spacial score (nSPS) is 18.0. The Morgan fingerprint density at radius 2 is 1.86 bits per heavy atom. The van der Waals surface area contributed by atoms with E-state index < -0.39 is 0 Å². The molecule has 1 atom stereocenters. The van der Waals surface area contributed by atoms with Crippen molar-refractivity contribution in [1.29, 1.82) is 0 Å². The molecule has 0 amide bonds. The molecule has 0 fully saturated rings. The summed E-state index contributed by atoms with van der Waals surface area (Å²) >= 11 is 0. The molecule has 1 aliphatic rings. The van der Waals surface area contributed by atoms with E-state index in [-0.39, 0.29) is 11.9 Å². The monoisotopic (exact) mass is 283 g/mol. The highest BCUT2D eigenvalue weighted by molar-refractivity contribution is 5.97. The molecule has 108 valence electrons. The SMILES string of the molecule is Cc1cccc(C2CN=C(N)N2c2ccc(F)cc2)c1C. The van der Waals surface area contributed by atoms with Crippen molar-refractivity contribution in [2.24, 2.45) is 10.7 Å². The lowest BCUT2D eigenvalue weighted by molar-refractivity contribution is 0.627. The average Bonchev–Trinajstić information content (AvgIpc) is 2.85. The number of guanidine groups is 1. The molecule has 2 aromatic carbocycles. The van der Waals surface area contributed by atoms with Gasteiger partial charge in [0.25, 0.3) is 0 Å². The summed E-state index contributed by atoms with van der Waals surface area (Å²) in [7, 11) is 0. The predicted molar refractivity (Wildman–Crippen MR) is 84.0 cm³/mol. The van der Waals surface area contributed by atoms with Crippen molar-refractivity contribution in [3.8, 4) is 0 Å². The number of benzene rings is 2. The fourth-order valence-corrected chi connectivity index (χ4v) is 2.78. The van der Waals surface area contributed by atoms with Crippen LogP contribution in [0.25, 0.3) is 0 Å². The van der Waals surface area contributed by atoms with Crippen LogP contribution in [-0.4, -0.2) is 12.5 Å². The Balaban J connectivity index is 2.03. The standard InChI is InChI=1S/C17H18FN3/c1-11-4-3-5-15(12(11)2)16-10-20-17(19)21(16)14-8-6-13(18)7-9-14/h3-9,16H,10H2,1-2H3,(H2,19,20). The summed E-state index contributed by atoms with van der Waals surface area (Å²) in [5.41, 5.74) is 10.6. The van der Waals surface area contributed by atoms with Gasteiger partial charge in [0.2, 0.25) is 0 Å². The van der Waals surface area contributed by atoms with Crippen LogP contribution < -0.4 is 10.6 Å². The van der Waals surface area contributed by atoms with E-state index in [0.717, 1.165) is 5.69 Å². The Kier molecular flexibility index (Phi) is 3.37. The van der Waals surface area contributed by atoms with E-state index in [2.05, 4.69) is 37.0 Å². The number of nitrogens with zero attached hydrogens (tertiary/aromatic N) is 2. The van der Waals surface area contributed by atoms with Crippen molar-refractivity contribution >= 4 is 11.6 Å². The van der Waals surface area contributed by atoms with Crippen molar-refractivity contribution in [2.45, 2.75) is 19.9 Å². The van der Waals surface area contributed by atoms with Crippen LogP contribution in [0.4, 0.5) is 10.1 Å². The molecule has 0 spiro atoms. The van der Waals surface area contributed by atoms with Crippen molar-refractivity contribution in [2.75, 3.05) is 11.4 Å². The Morgan fingerprint density at radius 3 is 2.57 bits per heavy atom. The number of aryl methyl sites for hydroxylation is 1. The molecule has 1 unspecified atom stereocenters. The molecular weight excluding hydrogens is 265 g/mol. The van der Waals surface area contributed by atoms with Crippen LogP contribution >= 0.6 is 0 Å². The number of hydrogen-bond acceptors (Lipinski definition) is 3. The summed E-state index contributed by atoms with van der Waals surface area (Å²) in [6.45, 7) is 4.83. The first kappa shape index (κ1) is 13.6. The maximum absolute atomic E-state index is 13.1. The molecule has 3 rings (SSSR count). The second-order valence-corrected chi connectivity index (χ2v) is 5.35. The minimum absolute atomic E-state index is 0.0651. The quantitative estimate of drug-likeness (QED) is 0.918. The Bertz CT molecular complexity index is 692. The number of nitrogens with two attached hydrogens (primary N) is 1. The van der Waals surface area contributed by atoms with Crippen molar-refractivity contribution in [1.82, 2.24) is 0 Å². The second kappa shape index (κ2) is 5.20. The Morgan fingerprint density at radius 1 is 1.14 bits per heavy atom. The molecule has 1 heterocycles. The minimum Gasteiger partial charge on any atom is -0.369 e. The maximum Gasteiger partial charge on any atom is 0.196 e. The Hall–Kier alpha value is -2.36. The molecule has 0 aliphatic carbocycles. The van der Waals surface area contributed by atoms with Crippen molar-refractivity contribution < 1.29 is 4.39 Å². The number of rotatable bonds is 2. The van der Waals surface area contributed by atoms with Crippen LogP contribution in [0.1, 0.15) is 22.7 Å². The van der Waals surface area contributed by atoms with E-state index >= 15 is 0 Å². The third-order valence-corrected chi connectivity index (χ3v) is 4.10. The molecule has 3 nitrogen and oxygen atoms in total. The van der Waals surface area contributed by atoms with Crippen LogP contribution in [0.3, 0.4) is 0 Å². The van der Waals surface area contributed by atoms with E-state index in [1.807, 2.05) is 4.90 Å². The molecule has 0 radical (unpaired) electrons. The third kappa shape index (κ3) is 2.37. The highest BCUT2D eigenvalue weighted by Crippen LogP contribution is 2.33. The highest BCUT2D eigenvalue weighted by Gasteiger charge is 2.29. The lowest BCUT2D eigenvalue weighted by Crippen LogP contribution is -2.36. The summed E-state index contributed by atoms with van der Waals surface area (Å²) in [6.07, 6.45) is 0. The topological polar surface area (TPSA) is 41.6 Å². The van der Waals surface area contributed by atoms with Crippen LogP contribution in [0.15, 0.2) is 47.5 Å². The van der Waals surface area contributed by atoms with Gasteiger partial charge in [0.1, 0.15) is 5.82 Å². The summed E-state index contributed by atoms with van der Waals surface area (Å²) in [5.74, 6) is 0.226. The molecule has 2 N–H and O–H groups in total. The van der Waals surface area contributed by atoms with Gasteiger partial charge in [0.15, 0.2) is 5.96 Å². The average molecular weight is 283 g/mol. The van der Waals surface area contributed by atoms with Gasteiger partial charge in [-0.15, -0.1) is 0 Å². The van der Waals surface area contributed by atoms with Gasteiger partial charge in [-0.2, -0.15) is 0 Å². The van der Waals surface area contributed by atoms with Gasteiger partial charge < -0.3 is 10.6 Å². The molecule has 0 saturated heterocycles. The smallest absolute Gasteiger partial charge is 0.196 e. The third-order valence-electron chi connectivity index (χ3n) is 4.10. The number of anilines is 1. The van der Waals surface area contributed by atoms with E-state index in [1.165, 1.54) is 28.8 Å². The maximum atomic E-state index is 13.1. The van der Waals surface area contributed by atoms with Crippen LogP contribution in [0.5, 0.6) is 0 Å². The highest BCUT2D eigenvalue weighted by atomic mass is 19.1. The number of hydrogen-bond donors (Lipinski definition) is 1. The van der Waals surface area contributed by atoms with Gasteiger partial charge in [-0.1, -0.05) is 18.2 Å². The molecule has 21 heavy (non-hydrogen) atoms. The van der Waals surface area contributed by atoms with Gasteiger partial charge in [0.05, 0.1) is 12.6 Å². The lowest BCUT2D eigenvalue weighted by Gasteiger charge is -2.28. The van der Waals surface area contributed by atoms with E-state index in [0.29, 0.717) is 12.5 Å². The van der Waals surface area contributed by atoms with Gasteiger partial charge in [-0.25, -0.2) is 4.39 Å². The summed E-state index contributed by atoms with van der Waals surface area (Å²) < 4.78 is 13.1. The van der Waals surface area contributed by atoms with Crippen molar-refractivity contribution in [3.63, 3.8) is 0 Å². The fourth-order valence-electron chi connectivity index (χ4n) is 2.78. The molecular formula is C17H18FN3. The van der Waals surface area contributed by atoms with Crippen molar-refractivity contribution in [3.05, 3.63) is 65.0 Å². The number of halogens is 1. The molecule has 0 saturated carbocycles. The zero-order valence-corrected chi connectivity index (χ0v) is 12.2. The van der Waals surface area contributed by atoms with Crippen LogP contribution in [-0.2, 0) is 0 Å². The van der Waals surface area contributed by atoms with E-state index in [9.17, 15) is 4.39 Å². The Labute approximate surface area is 123 Å². The van der Waals surface area contributed by atoms with E-state index in [1.54, 1.807) is 12.1 Å². The second-order valence-electron chi connectivity index (χ2n) is 5.35. The summed E-state index contributed by atoms with van der Waals surface area (Å²) in [5, 5.41) is 0. The first-order chi connectivity index (χ1) is 10.1. The lowest BCUT2D eigenvalue weighted by atomic mass is 9.96. The first-order valence-electron chi connectivity index (χ1n) is 6.99. The fraction of sp³-hybridized carbons (Fsp3) is 0.235. The molecule has 1 aliphatic heterocycles.